The minimum atomic E-state index is -4.69. The normalized spacial score (nSPS) is 13.8. The molecule has 168 valence electrons. The SMILES string of the molecule is COc1ccc(-c2cc(C(F)(F)F)n3ncc(C(=O)N4CCCc5ccccc54)c3n2)cc1. The summed E-state index contributed by atoms with van der Waals surface area (Å²) in [6.07, 6.45) is -1.92. The summed E-state index contributed by atoms with van der Waals surface area (Å²) in [5.74, 6) is 0.143. The lowest BCUT2D eigenvalue weighted by molar-refractivity contribution is -0.142. The summed E-state index contributed by atoms with van der Waals surface area (Å²) in [6.45, 7) is 0.470. The fourth-order valence-electron chi connectivity index (χ4n) is 4.12. The molecule has 33 heavy (non-hydrogen) atoms. The Kier molecular flexibility index (Phi) is 5.03. The number of aromatic nitrogens is 3. The van der Waals surface area contributed by atoms with Crippen molar-refractivity contribution >= 4 is 17.2 Å². The fraction of sp³-hybridized carbons (Fsp3) is 0.208. The van der Waals surface area contributed by atoms with Crippen molar-refractivity contribution in [2.45, 2.75) is 19.0 Å². The molecule has 9 heteroatoms. The number of alkyl halides is 3. The van der Waals surface area contributed by atoms with Crippen molar-refractivity contribution < 1.29 is 22.7 Å². The number of ether oxygens (including phenoxy) is 1. The van der Waals surface area contributed by atoms with Gasteiger partial charge in [-0.25, -0.2) is 9.50 Å². The largest absolute Gasteiger partial charge is 0.497 e. The van der Waals surface area contributed by atoms with Gasteiger partial charge in [0.25, 0.3) is 5.91 Å². The number of hydrogen-bond donors (Lipinski definition) is 0. The number of rotatable bonds is 3. The molecule has 0 saturated carbocycles. The maximum Gasteiger partial charge on any atom is 0.433 e. The van der Waals surface area contributed by atoms with E-state index in [-0.39, 0.29) is 16.9 Å². The third-order valence-electron chi connectivity index (χ3n) is 5.73. The van der Waals surface area contributed by atoms with Crippen LogP contribution in [0.25, 0.3) is 16.9 Å². The van der Waals surface area contributed by atoms with Crippen molar-refractivity contribution in [3.05, 3.63) is 77.6 Å². The van der Waals surface area contributed by atoms with Gasteiger partial charge in [-0.2, -0.15) is 18.3 Å². The molecule has 0 bridgehead atoms. The molecule has 0 fully saturated rings. The van der Waals surface area contributed by atoms with Crippen LogP contribution in [0.1, 0.15) is 28.0 Å². The van der Waals surface area contributed by atoms with Gasteiger partial charge in [-0.1, -0.05) is 18.2 Å². The number of benzene rings is 2. The average molecular weight is 452 g/mol. The Morgan fingerprint density at radius 3 is 2.58 bits per heavy atom. The molecule has 2 aromatic carbocycles. The molecule has 4 aromatic rings. The number of halogens is 3. The third-order valence-corrected chi connectivity index (χ3v) is 5.73. The summed E-state index contributed by atoms with van der Waals surface area (Å²) < 4.78 is 47.5. The average Bonchev–Trinajstić information content (AvgIpc) is 3.26. The first-order valence-electron chi connectivity index (χ1n) is 10.4. The van der Waals surface area contributed by atoms with Gasteiger partial charge in [-0.05, 0) is 54.8 Å². The van der Waals surface area contributed by atoms with E-state index in [1.807, 2.05) is 24.3 Å². The van der Waals surface area contributed by atoms with Gasteiger partial charge in [0.05, 0.1) is 19.0 Å². The molecule has 0 radical (unpaired) electrons. The molecule has 3 heterocycles. The molecule has 5 rings (SSSR count). The maximum absolute atomic E-state index is 13.9. The molecular weight excluding hydrogens is 433 g/mol. The first-order valence-corrected chi connectivity index (χ1v) is 10.4. The number of para-hydroxylation sites is 1. The first kappa shape index (κ1) is 21.0. The molecule has 0 saturated heterocycles. The molecule has 1 amide bonds. The summed E-state index contributed by atoms with van der Waals surface area (Å²) >= 11 is 0. The van der Waals surface area contributed by atoms with Gasteiger partial charge in [0.2, 0.25) is 0 Å². The Morgan fingerprint density at radius 2 is 1.85 bits per heavy atom. The van der Waals surface area contributed by atoms with Crippen LogP contribution >= 0.6 is 0 Å². The summed E-state index contributed by atoms with van der Waals surface area (Å²) in [5.41, 5.74) is 1.22. The van der Waals surface area contributed by atoms with Crippen molar-refractivity contribution in [1.29, 1.82) is 0 Å². The Labute approximate surface area is 187 Å². The van der Waals surface area contributed by atoms with Crippen LogP contribution in [-0.2, 0) is 12.6 Å². The van der Waals surface area contributed by atoms with Gasteiger partial charge in [0.1, 0.15) is 11.3 Å². The van der Waals surface area contributed by atoms with Crippen LogP contribution in [0, 0.1) is 0 Å². The number of methoxy groups -OCH3 is 1. The predicted molar refractivity (Wildman–Crippen MR) is 116 cm³/mol. The fourth-order valence-corrected chi connectivity index (χ4v) is 4.12. The Balaban J connectivity index is 1.66. The predicted octanol–water partition coefficient (Wildman–Crippen LogP) is 5.02. The molecular formula is C24H19F3N4O2. The van der Waals surface area contributed by atoms with Gasteiger partial charge in [-0.3, -0.25) is 4.79 Å². The molecule has 1 aliphatic heterocycles. The summed E-state index contributed by atoms with van der Waals surface area (Å²) in [4.78, 5) is 19.5. The Hall–Kier alpha value is -3.88. The van der Waals surface area contributed by atoms with Crippen LogP contribution in [0.2, 0.25) is 0 Å². The highest BCUT2D eigenvalue weighted by atomic mass is 19.4. The van der Waals surface area contributed by atoms with Crippen molar-refractivity contribution in [2.24, 2.45) is 0 Å². The first-order chi connectivity index (χ1) is 15.9. The highest BCUT2D eigenvalue weighted by Gasteiger charge is 2.36. The van der Waals surface area contributed by atoms with E-state index >= 15 is 0 Å². The monoisotopic (exact) mass is 452 g/mol. The summed E-state index contributed by atoms with van der Waals surface area (Å²) in [5, 5.41) is 3.89. The van der Waals surface area contributed by atoms with Crippen LogP contribution in [0.3, 0.4) is 0 Å². The second-order valence-electron chi connectivity index (χ2n) is 7.74. The Bertz CT molecular complexity index is 1350. The van der Waals surface area contributed by atoms with Crippen LogP contribution in [0.15, 0.2) is 60.8 Å². The standard InChI is InChI=1S/C24H19F3N4O2/c1-33-17-10-8-15(9-11-17)19-13-21(24(25,26)27)31-22(29-19)18(14-28-31)23(32)30-12-4-6-16-5-2-3-7-20(16)30/h2-3,5,7-11,13-14H,4,6,12H2,1H3. The number of amides is 1. The van der Waals surface area contributed by atoms with Gasteiger partial charge >= 0.3 is 6.18 Å². The lowest BCUT2D eigenvalue weighted by Crippen LogP contribution is -2.35. The topological polar surface area (TPSA) is 59.7 Å². The minimum absolute atomic E-state index is 0.0209. The molecule has 0 unspecified atom stereocenters. The molecule has 6 nitrogen and oxygen atoms in total. The van der Waals surface area contributed by atoms with E-state index in [4.69, 9.17) is 4.74 Å². The van der Waals surface area contributed by atoms with Crippen molar-refractivity contribution in [3.63, 3.8) is 0 Å². The van der Waals surface area contributed by atoms with Crippen LogP contribution in [0.5, 0.6) is 5.75 Å². The van der Waals surface area contributed by atoms with Gasteiger partial charge in [0, 0.05) is 17.8 Å². The Morgan fingerprint density at radius 1 is 1.09 bits per heavy atom. The summed E-state index contributed by atoms with van der Waals surface area (Å²) in [7, 11) is 1.50. The molecule has 1 aliphatic rings. The van der Waals surface area contributed by atoms with Crippen LogP contribution in [0.4, 0.5) is 18.9 Å². The number of aryl methyl sites for hydroxylation is 1. The highest BCUT2D eigenvalue weighted by molar-refractivity contribution is 6.10. The molecule has 0 spiro atoms. The number of nitrogens with zero attached hydrogens (tertiary/aromatic N) is 4. The molecule has 0 N–H and O–H groups in total. The molecule has 2 aromatic heterocycles. The number of fused-ring (bicyclic) bond motifs is 2. The second kappa shape index (κ2) is 7.91. The van der Waals surface area contributed by atoms with Crippen molar-refractivity contribution in [1.82, 2.24) is 14.6 Å². The smallest absolute Gasteiger partial charge is 0.433 e. The van der Waals surface area contributed by atoms with E-state index in [9.17, 15) is 18.0 Å². The van der Waals surface area contributed by atoms with Crippen molar-refractivity contribution in [3.8, 4) is 17.0 Å². The number of hydrogen-bond acceptors (Lipinski definition) is 4. The van der Waals surface area contributed by atoms with E-state index in [2.05, 4.69) is 10.1 Å². The summed E-state index contributed by atoms with van der Waals surface area (Å²) in [6, 6.07) is 15.0. The van der Waals surface area contributed by atoms with E-state index in [0.717, 1.165) is 36.4 Å². The zero-order chi connectivity index (χ0) is 23.2. The van der Waals surface area contributed by atoms with Gasteiger partial charge in [-0.15, -0.1) is 0 Å². The van der Waals surface area contributed by atoms with E-state index in [0.29, 0.717) is 22.4 Å². The highest BCUT2D eigenvalue weighted by Crippen LogP contribution is 2.34. The number of carbonyl (C=O) groups excluding carboxylic acids is 1. The van der Waals surface area contributed by atoms with Crippen molar-refractivity contribution in [2.75, 3.05) is 18.6 Å². The van der Waals surface area contributed by atoms with Gasteiger partial charge < -0.3 is 9.64 Å². The number of carbonyl (C=O) groups is 1. The lowest BCUT2D eigenvalue weighted by atomic mass is 10.0. The second-order valence-corrected chi connectivity index (χ2v) is 7.74. The van der Waals surface area contributed by atoms with Crippen LogP contribution < -0.4 is 9.64 Å². The zero-order valence-corrected chi connectivity index (χ0v) is 17.6. The van der Waals surface area contributed by atoms with E-state index in [1.165, 1.54) is 7.11 Å². The van der Waals surface area contributed by atoms with E-state index in [1.54, 1.807) is 29.2 Å². The van der Waals surface area contributed by atoms with E-state index < -0.39 is 17.8 Å². The molecule has 0 atom stereocenters. The zero-order valence-electron chi connectivity index (χ0n) is 17.6. The molecule has 0 aliphatic carbocycles. The van der Waals surface area contributed by atoms with Gasteiger partial charge in [0.15, 0.2) is 11.3 Å². The minimum Gasteiger partial charge on any atom is -0.497 e. The number of anilines is 1. The third kappa shape index (κ3) is 3.69. The lowest BCUT2D eigenvalue weighted by Gasteiger charge is -2.29. The van der Waals surface area contributed by atoms with Crippen LogP contribution in [-0.4, -0.2) is 34.2 Å². The quantitative estimate of drug-likeness (QED) is 0.438. The maximum atomic E-state index is 13.9.